The van der Waals surface area contributed by atoms with Crippen molar-refractivity contribution >= 4 is 17.6 Å². The van der Waals surface area contributed by atoms with E-state index in [1.807, 2.05) is 4.90 Å². The molecular weight excluding hydrogens is 510 g/mol. The number of carboxylic acids is 1. The first-order valence-electron chi connectivity index (χ1n) is 11.0. The molecule has 37 heavy (non-hydrogen) atoms. The number of alkyl halides is 6. The number of aromatic nitrogens is 6. The van der Waals surface area contributed by atoms with Crippen molar-refractivity contribution in [3.63, 3.8) is 0 Å². The highest BCUT2D eigenvalue weighted by molar-refractivity contribution is 5.66. The number of carbonyl (C=O) groups is 1. The smallest absolute Gasteiger partial charge is 0.418 e. The quantitative estimate of drug-likeness (QED) is 0.500. The van der Waals surface area contributed by atoms with Crippen LogP contribution in [0, 0.1) is 11.8 Å². The Kier molecular flexibility index (Phi) is 5.91. The van der Waals surface area contributed by atoms with Gasteiger partial charge in [0.2, 0.25) is 11.8 Å². The molecule has 196 valence electrons. The lowest BCUT2D eigenvalue weighted by molar-refractivity contribution is -0.141. The molecule has 0 radical (unpaired) electrons. The van der Waals surface area contributed by atoms with Crippen LogP contribution in [0.15, 0.2) is 30.6 Å². The zero-order valence-corrected chi connectivity index (χ0v) is 18.8. The lowest BCUT2D eigenvalue weighted by atomic mass is 10.0. The zero-order valence-electron chi connectivity index (χ0n) is 18.8. The summed E-state index contributed by atoms with van der Waals surface area (Å²) < 4.78 is 80.2. The Balaban J connectivity index is 1.28. The van der Waals surface area contributed by atoms with Gasteiger partial charge in [-0.05, 0) is 23.4 Å². The van der Waals surface area contributed by atoms with Gasteiger partial charge in [-0.1, -0.05) is 0 Å². The standard InChI is InChI=1S/C21H18F6N8O2/c22-20(23,24)14-1-2-15(21(25,26)27)16(3-14)33-6-12-8-34(9-13(12)7-33)19-28-4-11(5-29-19)18-30-32-35(31-18)10-17(36)37/h1-5,12-13H,6-10H2,(H,36,37). The SMILES string of the molecule is O=C(O)Cn1nnc(-c2cnc(N3CC4CN(c5cc(C(F)(F)F)ccc5C(F)(F)F)CC4C3)nc2)n1. The number of fused-ring (bicyclic) bond motifs is 1. The van der Waals surface area contributed by atoms with Crippen LogP contribution in [0.4, 0.5) is 38.0 Å². The second kappa shape index (κ2) is 8.85. The maximum atomic E-state index is 13.5. The van der Waals surface area contributed by atoms with Gasteiger partial charge < -0.3 is 14.9 Å². The number of tetrazole rings is 1. The summed E-state index contributed by atoms with van der Waals surface area (Å²) in [7, 11) is 0. The van der Waals surface area contributed by atoms with Crippen molar-refractivity contribution in [1.29, 1.82) is 0 Å². The minimum absolute atomic E-state index is 0.0866. The van der Waals surface area contributed by atoms with E-state index in [1.165, 1.54) is 17.3 Å². The Morgan fingerprint density at radius 1 is 0.946 bits per heavy atom. The molecule has 10 nitrogen and oxygen atoms in total. The molecule has 0 saturated carbocycles. The minimum Gasteiger partial charge on any atom is -0.480 e. The third-order valence-electron chi connectivity index (χ3n) is 6.37. The van der Waals surface area contributed by atoms with E-state index in [0.29, 0.717) is 42.8 Å². The van der Waals surface area contributed by atoms with Crippen LogP contribution >= 0.6 is 0 Å². The van der Waals surface area contributed by atoms with E-state index >= 15 is 0 Å². The fourth-order valence-electron chi connectivity index (χ4n) is 4.71. The van der Waals surface area contributed by atoms with Gasteiger partial charge in [-0.3, -0.25) is 4.79 Å². The van der Waals surface area contributed by atoms with Gasteiger partial charge >= 0.3 is 18.3 Å². The molecule has 4 heterocycles. The molecule has 5 rings (SSSR count). The van der Waals surface area contributed by atoms with Crippen molar-refractivity contribution in [2.75, 3.05) is 36.0 Å². The van der Waals surface area contributed by atoms with E-state index in [9.17, 15) is 31.1 Å². The van der Waals surface area contributed by atoms with E-state index in [0.717, 1.165) is 4.80 Å². The average molecular weight is 528 g/mol. The monoisotopic (exact) mass is 528 g/mol. The molecule has 2 unspecified atom stereocenters. The molecule has 0 aliphatic carbocycles. The maximum absolute atomic E-state index is 13.5. The summed E-state index contributed by atoms with van der Waals surface area (Å²) in [6.07, 6.45) is -6.65. The Labute approximate surface area is 204 Å². The second-order valence-corrected chi connectivity index (χ2v) is 8.87. The lowest BCUT2D eigenvalue weighted by Crippen LogP contribution is -2.31. The summed E-state index contributed by atoms with van der Waals surface area (Å²) in [6, 6.07) is 1.52. The Bertz CT molecular complexity index is 1300. The Morgan fingerprint density at radius 3 is 2.14 bits per heavy atom. The molecule has 0 bridgehead atoms. The normalized spacial score (nSPS) is 19.9. The predicted octanol–water partition coefficient (Wildman–Crippen LogP) is 2.82. The summed E-state index contributed by atoms with van der Waals surface area (Å²) in [5.41, 5.74) is -2.27. The van der Waals surface area contributed by atoms with Gasteiger partial charge in [0.1, 0.15) is 0 Å². The van der Waals surface area contributed by atoms with E-state index < -0.39 is 41.7 Å². The molecule has 0 amide bonds. The van der Waals surface area contributed by atoms with Crippen molar-refractivity contribution in [3.8, 4) is 11.4 Å². The number of anilines is 2. The van der Waals surface area contributed by atoms with Crippen molar-refractivity contribution in [3.05, 3.63) is 41.7 Å². The third-order valence-corrected chi connectivity index (χ3v) is 6.37. The van der Waals surface area contributed by atoms with Crippen molar-refractivity contribution < 1.29 is 36.2 Å². The number of benzene rings is 1. The van der Waals surface area contributed by atoms with Crippen LogP contribution in [0.1, 0.15) is 11.1 Å². The number of halogens is 6. The number of aliphatic carboxylic acids is 1. The predicted molar refractivity (Wildman–Crippen MR) is 114 cm³/mol. The van der Waals surface area contributed by atoms with Gasteiger partial charge in [-0.15, -0.1) is 10.2 Å². The summed E-state index contributed by atoms with van der Waals surface area (Å²) in [5, 5.41) is 20.1. The van der Waals surface area contributed by atoms with Gasteiger partial charge in [0.05, 0.1) is 16.7 Å². The topological polar surface area (TPSA) is 113 Å². The molecule has 2 fully saturated rings. The number of carboxylic acid groups (broad SMARTS) is 1. The largest absolute Gasteiger partial charge is 0.480 e. The summed E-state index contributed by atoms with van der Waals surface area (Å²) in [6.45, 7) is 0.729. The lowest BCUT2D eigenvalue weighted by Gasteiger charge is -2.26. The molecule has 0 spiro atoms. The van der Waals surface area contributed by atoms with Crippen molar-refractivity contribution in [1.82, 2.24) is 30.2 Å². The molecular formula is C21H18F6N8O2. The first kappa shape index (κ1) is 24.7. The van der Waals surface area contributed by atoms with Crippen LogP contribution < -0.4 is 9.80 Å². The molecule has 3 aromatic rings. The first-order valence-corrected chi connectivity index (χ1v) is 11.0. The van der Waals surface area contributed by atoms with E-state index in [2.05, 4.69) is 25.4 Å². The van der Waals surface area contributed by atoms with Gasteiger partial charge in [0.15, 0.2) is 6.54 Å². The van der Waals surface area contributed by atoms with Crippen LogP contribution in [-0.2, 0) is 23.7 Å². The van der Waals surface area contributed by atoms with E-state index in [1.54, 1.807) is 0 Å². The molecule has 2 atom stereocenters. The summed E-state index contributed by atoms with van der Waals surface area (Å²) >= 11 is 0. The van der Waals surface area contributed by atoms with Gasteiger partial charge in [0, 0.05) is 56.1 Å². The minimum atomic E-state index is -4.79. The summed E-state index contributed by atoms with van der Waals surface area (Å²) in [5.74, 6) is -0.787. The molecule has 2 saturated heterocycles. The number of rotatable bonds is 5. The molecule has 2 aromatic heterocycles. The van der Waals surface area contributed by atoms with Crippen molar-refractivity contribution in [2.24, 2.45) is 11.8 Å². The van der Waals surface area contributed by atoms with Crippen LogP contribution in [-0.4, -0.2) is 67.4 Å². The number of hydrogen-bond donors (Lipinski definition) is 1. The highest BCUT2D eigenvalue weighted by atomic mass is 19.4. The molecule has 1 N–H and O–H groups in total. The van der Waals surface area contributed by atoms with Crippen LogP contribution in [0.5, 0.6) is 0 Å². The van der Waals surface area contributed by atoms with Crippen molar-refractivity contribution in [2.45, 2.75) is 18.9 Å². The maximum Gasteiger partial charge on any atom is 0.418 e. The zero-order chi connectivity index (χ0) is 26.5. The highest BCUT2D eigenvalue weighted by Crippen LogP contribution is 2.43. The number of hydrogen-bond acceptors (Lipinski definition) is 8. The van der Waals surface area contributed by atoms with E-state index in [-0.39, 0.29) is 30.7 Å². The molecule has 1 aromatic carbocycles. The van der Waals surface area contributed by atoms with Gasteiger partial charge in [-0.25, -0.2) is 9.97 Å². The van der Waals surface area contributed by atoms with Crippen LogP contribution in [0.25, 0.3) is 11.4 Å². The molecule has 2 aliphatic heterocycles. The average Bonchev–Trinajstić information content (AvgIpc) is 3.52. The van der Waals surface area contributed by atoms with E-state index in [4.69, 9.17) is 5.11 Å². The Morgan fingerprint density at radius 2 is 1.57 bits per heavy atom. The number of nitrogens with zero attached hydrogens (tertiary/aromatic N) is 8. The molecule has 2 aliphatic rings. The van der Waals surface area contributed by atoms with Crippen LogP contribution in [0.3, 0.4) is 0 Å². The highest BCUT2D eigenvalue weighted by Gasteiger charge is 2.44. The fraction of sp³-hybridized carbons (Fsp3) is 0.429. The van der Waals surface area contributed by atoms with Gasteiger partial charge in [0.25, 0.3) is 0 Å². The first-order chi connectivity index (χ1) is 17.4. The third kappa shape index (κ3) is 4.99. The Hall–Kier alpha value is -3.98. The fourth-order valence-corrected chi connectivity index (χ4v) is 4.71. The van der Waals surface area contributed by atoms with Crippen LogP contribution in [0.2, 0.25) is 0 Å². The summed E-state index contributed by atoms with van der Waals surface area (Å²) in [4.78, 5) is 23.5. The van der Waals surface area contributed by atoms with Gasteiger partial charge in [-0.2, -0.15) is 31.1 Å². The second-order valence-electron chi connectivity index (χ2n) is 8.87. The molecule has 16 heteroatoms.